The number of carbonyl (C=O) groups excluding carboxylic acids is 2. The molecular weight excluding hydrogens is 427 g/mol. The second-order valence-electron chi connectivity index (χ2n) is 5.97. The molecule has 0 aliphatic rings. The zero-order valence-electron chi connectivity index (χ0n) is 15.5. The maximum Gasteiger partial charge on any atom is 0.345 e. The van der Waals surface area contributed by atoms with Gasteiger partial charge in [0.25, 0.3) is 5.91 Å². The van der Waals surface area contributed by atoms with Crippen LogP contribution in [0, 0.1) is 0 Å². The van der Waals surface area contributed by atoms with Gasteiger partial charge in [-0.15, -0.1) is 0 Å². The van der Waals surface area contributed by atoms with Crippen LogP contribution >= 0.6 is 23.2 Å². The standard InChI is InChI=1S/C22H16Cl2N2O4/c23-16-7-11-17(12-8-16)29-14-21(27)26-25-13-15-5-9-18(10-6-15)30-22(28)19-3-1-2-4-20(19)24/h1-13H,14H2,(H,26,27)/b25-13+. The number of hydrazone groups is 1. The fraction of sp³-hybridized carbons (Fsp3) is 0.0455. The average molecular weight is 443 g/mol. The number of amides is 1. The van der Waals surface area contributed by atoms with Gasteiger partial charge in [0.1, 0.15) is 11.5 Å². The lowest BCUT2D eigenvalue weighted by atomic mass is 10.2. The van der Waals surface area contributed by atoms with Gasteiger partial charge in [-0.3, -0.25) is 4.79 Å². The number of esters is 1. The van der Waals surface area contributed by atoms with Crippen molar-refractivity contribution in [2.75, 3.05) is 6.61 Å². The van der Waals surface area contributed by atoms with Crippen molar-refractivity contribution < 1.29 is 19.1 Å². The van der Waals surface area contributed by atoms with Crippen LogP contribution in [0.5, 0.6) is 11.5 Å². The van der Waals surface area contributed by atoms with Crippen molar-refractivity contribution in [1.82, 2.24) is 5.43 Å². The van der Waals surface area contributed by atoms with E-state index >= 15 is 0 Å². The van der Waals surface area contributed by atoms with E-state index in [1.807, 2.05) is 0 Å². The summed E-state index contributed by atoms with van der Waals surface area (Å²) in [6.45, 7) is -0.185. The summed E-state index contributed by atoms with van der Waals surface area (Å²) in [6.07, 6.45) is 1.46. The lowest BCUT2D eigenvalue weighted by Gasteiger charge is -2.06. The Morgan fingerprint density at radius 2 is 1.57 bits per heavy atom. The molecule has 0 aromatic heterocycles. The van der Waals surface area contributed by atoms with Crippen LogP contribution in [0.2, 0.25) is 10.0 Å². The smallest absolute Gasteiger partial charge is 0.345 e. The number of benzene rings is 3. The summed E-state index contributed by atoms with van der Waals surface area (Å²) in [5, 5.41) is 4.77. The van der Waals surface area contributed by atoms with E-state index in [-0.39, 0.29) is 12.2 Å². The van der Waals surface area contributed by atoms with E-state index in [2.05, 4.69) is 10.5 Å². The number of nitrogens with one attached hydrogen (secondary N) is 1. The molecule has 1 amide bonds. The zero-order chi connectivity index (χ0) is 21.3. The van der Waals surface area contributed by atoms with E-state index in [1.165, 1.54) is 6.21 Å². The minimum absolute atomic E-state index is 0.185. The van der Waals surface area contributed by atoms with Crippen LogP contribution in [0.3, 0.4) is 0 Å². The molecule has 0 radical (unpaired) electrons. The van der Waals surface area contributed by atoms with Crippen LogP contribution in [0.4, 0.5) is 0 Å². The highest BCUT2D eigenvalue weighted by Crippen LogP contribution is 2.19. The zero-order valence-corrected chi connectivity index (χ0v) is 17.1. The number of halogens is 2. The summed E-state index contributed by atoms with van der Waals surface area (Å²) >= 11 is 11.8. The van der Waals surface area contributed by atoms with E-state index in [4.69, 9.17) is 32.7 Å². The van der Waals surface area contributed by atoms with Gasteiger partial charge in [0.15, 0.2) is 6.61 Å². The molecule has 30 heavy (non-hydrogen) atoms. The second kappa shape index (κ2) is 10.4. The van der Waals surface area contributed by atoms with Crippen molar-refractivity contribution >= 4 is 41.3 Å². The molecule has 0 unspecified atom stereocenters. The molecule has 3 rings (SSSR count). The molecule has 0 fully saturated rings. The molecule has 1 N–H and O–H groups in total. The van der Waals surface area contributed by atoms with E-state index in [1.54, 1.807) is 72.8 Å². The average Bonchev–Trinajstić information content (AvgIpc) is 2.75. The summed E-state index contributed by atoms with van der Waals surface area (Å²) in [5.74, 6) is -0.0700. The Kier molecular flexibility index (Phi) is 7.43. The third-order valence-electron chi connectivity index (χ3n) is 3.77. The fourth-order valence-electron chi connectivity index (χ4n) is 2.30. The van der Waals surface area contributed by atoms with Gasteiger partial charge in [-0.05, 0) is 66.2 Å². The van der Waals surface area contributed by atoms with E-state index in [9.17, 15) is 9.59 Å². The van der Waals surface area contributed by atoms with E-state index in [0.29, 0.717) is 27.1 Å². The Hall–Kier alpha value is -3.35. The molecule has 152 valence electrons. The Balaban J connectivity index is 1.47. The van der Waals surface area contributed by atoms with Gasteiger partial charge in [-0.1, -0.05) is 35.3 Å². The minimum Gasteiger partial charge on any atom is -0.484 e. The monoisotopic (exact) mass is 442 g/mol. The Morgan fingerprint density at radius 1 is 0.900 bits per heavy atom. The highest BCUT2D eigenvalue weighted by Gasteiger charge is 2.11. The Labute approximate surface area is 183 Å². The van der Waals surface area contributed by atoms with Gasteiger partial charge in [0.05, 0.1) is 16.8 Å². The predicted molar refractivity (Wildman–Crippen MR) is 116 cm³/mol. The molecular formula is C22H16Cl2N2O4. The number of carbonyl (C=O) groups is 2. The lowest BCUT2D eigenvalue weighted by molar-refractivity contribution is -0.123. The van der Waals surface area contributed by atoms with Crippen molar-refractivity contribution in [3.8, 4) is 11.5 Å². The number of nitrogens with zero attached hydrogens (tertiary/aromatic N) is 1. The molecule has 0 aliphatic carbocycles. The highest BCUT2D eigenvalue weighted by molar-refractivity contribution is 6.33. The van der Waals surface area contributed by atoms with Crippen LogP contribution < -0.4 is 14.9 Å². The van der Waals surface area contributed by atoms with Gasteiger partial charge in [0.2, 0.25) is 0 Å². The van der Waals surface area contributed by atoms with E-state index in [0.717, 1.165) is 0 Å². The molecule has 3 aromatic carbocycles. The van der Waals surface area contributed by atoms with Crippen LogP contribution in [0.15, 0.2) is 77.9 Å². The van der Waals surface area contributed by atoms with Gasteiger partial charge < -0.3 is 9.47 Å². The molecule has 6 nitrogen and oxygen atoms in total. The first-order chi connectivity index (χ1) is 14.5. The molecule has 0 atom stereocenters. The van der Waals surface area contributed by atoms with Crippen molar-refractivity contribution in [2.45, 2.75) is 0 Å². The molecule has 3 aromatic rings. The Bertz CT molecular complexity index is 1050. The van der Waals surface area contributed by atoms with Crippen LogP contribution in [0.25, 0.3) is 0 Å². The number of hydrogen-bond donors (Lipinski definition) is 1. The number of hydrogen-bond acceptors (Lipinski definition) is 5. The van der Waals surface area contributed by atoms with E-state index < -0.39 is 11.9 Å². The summed E-state index contributed by atoms with van der Waals surface area (Å²) in [7, 11) is 0. The molecule has 0 heterocycles. The summed E-state index contributed by atoms with van der Waals surface area (Å²) in [6, 6.07) is 19.9. The van der Waals surface area contributed by atoms with Gasteiger partial charge in [0, 0.05) is 5.02 Å². The first-order valence-corrected chi connectivity index (χ1v) is 9.54. The number of rotatable bonds is 7. The van der Waals surface area contributed by atoms with Gasteiger partial charge in [-0.2, -0.15) is 5.10 Å². The van der Waals surface area contributed by atoms with Crippen LogP contribution in [-0.4, -0.2) is 24.7 Å². The topological polar surface area (TPSA) is 77.0 Å². The second-order valence-corrected chi connectivity index (χ2v) is 6.82. The first kappa shape index (κ1) is 21.4. The summed E-state index contributed by atoms with van der Waals surface area (Å²) < 4.78 is 10.6. The van der Waals surface area contributed by atoms with Crippen molar-refractivity contribution in [3.63, 3.8) is 0 Å². The first-order valence-electron chi connectivity index (χ1n) is 8.78. The molecule has 0 spiro atoms. The third kappa shape index (κ3) is 6.34. The predicted octanol–water partition coefficient (Wildman–Crippen LogP) is 4.74. The van der Waals surface area contributed by atoms with Crippen molar-refractivity contribution in [2.24, 2.45) is 5.10 Å². The quantitative estimate of drug-likeness (QED) is 0.248. The normalized spacial score (nSPS) is 10.6. The maximum absolute atomic E-state index is 12.1. The molecule has 0 saturated carbocycles. The van der Waals surface area contributed by atoms with Crippen LogP contribution in [-0.2, 0) is 4.79 Å². The van der Waals surface area contributed by atoms with Crippen LogP contribution in [0.1, 0.15) is 15.9 Å². The SMILES string of the molecule is O=C(COc1ccc(Cl)cc1)N/N=C/c1ccc(OC(=O)c2ccccc2Cl)cc1. The maximum atomic E-state index is 12.1. The molecule has 0 bridgehead atoms. The number of ether oxygens (including phenoxy) is 2. The molecule has 0 aliphatic heterocycles. The third-order valence-corrected chi connectivity index (χ3v) is 4.35. The minimum atomic E-state index is -0.546. The van der Waals surface area contributed by atoms with Gasteiger partial charge >= 0.3 is 5.97 Å². The van der Waals surface area contributed by atoms with Gasteiger partial charge in [-0.25, -0.2) is 10.2 Å². The fourth-order valence-corrected chi connectivity index (χ4v) is 2.64. The summed E-state index contributed by atoms with van der Waals surface area (Å²) in [4.78, 5) is 23.9. The Morgan fingerprint density at radius 3 is 2.27 bits per heavy atom. The molecule has 0 saturated heterocycles. The highest BCUT2D eigenvalue weighted by atomic mass is 35.5. The van der Waals surface area contributed by atoms with Crippen molar-refractivity contribution in [3.05, 3.63) is 94.0 Å². The summed E-state index contributed by atoms with van der Waals surface area (Å²) in [5.41, 5.74) is 3.35. The largest absolute Gasteiger partial charge is 0.484 e. The lowest BCUT2D eigenvalue weighted by Crippen LogP contribution is -2.24. The van der Waals surface area contributed by atoms with Crippen molar-refractivity contribution in [1.29, 1.82) is 0 Å². The molecule has 8 heteroatoms.